The number of carbonyl (C=O) groups is 1. The van der Waals surface area contributed by atoms with E-state index in [0.717, 1.165) is 48.2 Å². The van der Waals surface area contributed by atoms with Gasteiger partial charge in [0.05, 0.1) is 17.3 Å². The highest BCUT2D eigenvalue weighted by atomic mass is 35.5. The molecule has 0 saturated heterocycles. The SMILES string of the molecule is Cc1sccc1-c1ccc(C(=O)NC2CCCCC2)nc1-c1ccc(Cl)c(OCCCN(C)C)c1. The van der Waals surface area contributed by atoms with Crippen LogP contribution in [0.3, 0.4) is 0 Å². The number of aromatic nitrogens is 1. The second kappa shape index (κ2) is 12.0. The Morgan fingerprint density at radius 1 is 1.14 bits per heavy atom. The normalized spacial score (nSPS) is 14.3. The molecule has 1 aliphatic rings. The van der Waals surface area contributed by atoms with Gasteiger partial charge < -0.3 is 15.0 Å². The van der Waals surface area contributed by atoms with Crippen LogP contribution in [0, 0.1) is 6.92 Å². The molecule has 2 aromatic heterocycles. The highest BCUT2D eigenvalue weighted by Gasteiger charge is 2.20. The Morgan fingerprint density at radius 2 is 1.94 bits per heavy atom. The fourth-order valence-electron chi connectivity index (χ4n) is 4.52. The number of pyridine rings is 1. The van der Waals surface area contributed by atoms with Crippen LogP contribution in [0.1, 0.15) is 53.9 Å². The number of rotatable bonds is 9. The van der Waals surface area contributed by atoms with Crippen LogP contribution in [-0.2, 0) is 0 Å². The van der Waals surface area contributed by atoms with Crippen molar-refractivity contribution in [3.05, 3.63) is 57.4 Å². The van der Waals surface area contributed by atoms with E-state index >= 15 is 0 Å². The summed E-state index contributed by atoms with van der Waals surface area (Å²) in [6, 6.07) is 11.9. The number of nitrogens with one attached hydrogen (secondary N) is 1. The molecule has 0 atom stereocenters. The predicted molar refractivity (Wildman–Crippen MR) is 146 cm³/mol. The van der Waals surface area contributed by atoms with Gasteiger partial charge in [-0.15, -0.1) is 11.3 Å². The maximum absolute atomic E-state index is 13.1. The molecular formula is C28H34ClN3O2S. The average molecular weight is 512 g/mol. The van der Waals surface area contributed by atoms with Gasteiger partial charge in [0.25, 0.3) is 5.91 Å². The molecule has 1 aromatic carbocycles. The van der Waals surface area contributed by atoms with Crippen molar-refractivity contribution in [3.8, 4) is 28.1 Å². The van der Waals surface area contributed by atoms with Crippen LogP contribution in [0.25, 0.3) is 22.4 Å². The quantitative estimate of drug-likeness (QED) is 0.320. The number of carbonyl (C=O) groups excluding carboxylic acids is 1. The van der Waals surface area contributed by atoms with Crippen LogP contribution in [0.15, 0.2) is 41.8 Å². The molecule has 0 bridgehead atoms. The third-order valence-electron chi connectivity index (χ3n) is 6.43. The smallest absolute Gasteiger partial charge is 0.270 e. The van der Waals surface area contributed by atoms with Crippen molar-refractivity contribution in [2.45, 2.75) is 51.5 Å². The second-order valence-electron chi connectivity index (χ2n) is 9.44. The molecule has 35 heavy (non-hydrogen) atoms. The van der Waals surface area contributed by atoms with Gasteiger partial charge in [-0.2, -0.15) is 0 Å². The molecule has 1 aliphatic carbocycles. The number of benzene rings is 1. The monoisotopic (exact) mass is 511 g/mol. The Labute approximate surface area is 217 Å². The lowest BCUT2D eigenvalue weighted by Crippen LogP contribution is -2.36. The van der Waals surface area contributed by atoms with Gasteiger partial charge in [0.15, 0.2) is 0 Å². The first-order valence-electron chi connectivity index (χ1n) is 12.4. The number of thiophene rings is 1. The summed E-state index contributed by atoms with van der Waals surface area (Å²) in [6.07, 6.45) is 6.57. The zero-order valence-corrected chi connectivity index (χ0v) is 22.3. The first-order valence-corrected chi connectivity index (χ1v) is 13.6. The number of aryl methyl sites for hydroxylation is 1. The summed E-state index contributed by atoms with van der Waals surface area (Å²) in [6.45, 7) is 3.63. The molecule has 0 unspecified atom stereocenters. The third-order valence-corrected chi connectivity index (χ3v) is 7.59. The van der Waals surface area contributed by atoms with Crippen LogP contribution in [0.4, 0.5) is 0 Å². The van der Waals surface area contributed by atoms with E-state index in [-0.39, 0.29) is 11.9 Å². The van der Waals surface area contributed by atoms with Crippen LogP contribution in [-0.4, -0.2) is 49.1 Å². The maximum atomic E-state index is 13.1. The molecule has 2 heterocycles. The van der Waals surface area contributed by atoms with E-state index in [1.807, 2.05) is 44.4 Å². The molecule has 1 amide bonds. The van der Waals surface area contributed by atoms with E-state index in [1.54, 1.807) is 11.3 Å². The van der Waals surface area contributed by atoms with Crippen molar-refractivity contribution < 1.29 is 9.53 Å². The van der Waals surface area contributed by atoms with Gasteiger partial charge >= 0.3 is 0 Å². The largest absolute Gasteiger partial charge is 0.492 e. The van der Waals surface area contributed by atoms with Gasteiger partial charge in [0.1, 0.15) is 11.4 Å². The number of ether oxygens (including phenoxy) is 1. The minimum absolute atomic E-state index is 0.110. The number of hydrogen-bond donors (Lipinski definition) is 1. The van der Waals surface area contributed by atoms with E-state index in [4.69, 9.17) is 21.3 Å². The summed E-state index contributed by atoms with van der Waals surface area (Å²) in [7, 11) is 4.09. The van der Waals surface area contributed by atoms with Crippen LogP contribution in [0.2, 0.25) is 5.02 Å². The van der Waals surface area contributed by atoms with Gasteiger partial charge in [-0.3, -0.25) is 4.79 Å². The Hall–Kier alpha value is -2.41. The summed E-state index contributed by atoms with van der Waals surface area (Å²) in [5, 5.41) is 5.84. The van der Waals surface area contributed by atoms with Crippen molar-refractivity contribution in [1.29, 1.82) is 0 Å². The zero-order valence-electron chi connectivity index (χ0n) is 20.8. The number of nitrogens with zero attached hydrogens (tertiary/aromatic N) is 2. The fourth-order valence-corrected chi connectivity index (χ4v) is 5.40. The lowest BCUT2D eigenvalue weighted by atomic mass is 9.95. The molecule has 0 radical (unpaired) electrons. The highest BCUT2D eigenvalue weighted by molar-refractivity contribution is 7.10. The summed E-state index contributed by atoms with van der Waals surface area (Å²) in [5.74, 6) is 0.524. The van der Waals surface area contributed by atoms with Crippen LogP contribution in [0.5, 0.6) is 5.75 Å². The molecule has 0 aliphatic heterocycles. The van der Waals surface area contributed by atoms with Gasteiger partial charge in [0.2, 0.25) is 0 Å². The molecular weight excluding hydrogens is 478 g/mol. The van der Waals surface area contributed by atoms with Gasteiger partial charge in [-0.25, -0.2) is 4.98 Å². The minimum atomic E-state index is -0.110. The zero-order chi connectivity index (χ0) is 24.8. The Balaban J connectivity index is 1.66. The van der Waals surface area contributed by atoms with Crippen molar-refractivity contribution in [2.75, 3.05) is 27.2 Å². The molecule has 0 spiro atoms. The summed E-state index contributed by atoms with van der Waals surface area (Å²) < 4.78 is 6.02. The third kappa shape index (κ3) is 6.63. The Morgan fingerprint density at radius 3 is 2.66 bits per heavy atom. The molecule has 3 aromatic rings. The van der Waals surface area contributed by atoms with Crippen molar-refractivity contribution in [3.63, 3.8) is 0 Å². The number of halogens is 1. The fraction of sp³-hybridized carbons (Fsp3) is 0.429. The van der Waals surface area contributed by atoms with Gasteiger partial charge in [-0.05, 0) is 81.6 Å². The molecule has 5 nitrogen and oxygen atoms in total. The number of hydrogen-bond acceptors (Lipinski definition) is 5. The van der Waals surface area contributed by atoms with Crippen LogP contribution < -0.4 is 10.1 Å². The van der Waals surface area contributed by atoms with Crippen molar-refractivity contribution in [1.82, 2.24) is 15.2 Å². The van der Waals surface area contributed by atoms with Crippen molar-refractivity contribution >= 4 is 28.8 Å². The second-order valence-corrected chi connectivity index (χ2v) is 11.0. The van der Waals surface area contributed by atoms with E-state index in [2.05, 4.69) is 28.6 Å². The van der Waals surface area contributed by atoms with Crippen molar-refractivity contribution in [2.24, 2.45) is 0 Å². The first-order chi connectivity index (χ1) is 16.9. The minimum Gasteiger partial charge on any atom is -0.492 e. The molecule has 7 heteroatoms. The van der Waals surface area contributed by atoms with E-state index < -0.39 is 0 Å². The first kappa shape index (κ1) is 25.7. The lowest BCUT2D eigenvalue weighted by Gasteiger charge is -2.22. The van der Waals surface area contributed by atoms with E-state index in [1.165, 1.54) is 24.1 Å². The summed E-state index contributed by atoms with van der Waals surface area (Å²) in [5.41, 5.74) is 4.20. The highest BCUT2D eigenvalue weighted by Crippen LogP contribution is 2.37. The molecule has 4 rings (SSSR count). The summed E-state index contributed by atoms with van der Waals surface area (Å²) >= 11 is 8.16. The van der Waals surface area contributed by atoms with Gasteiger partial charge in [-0.1, -0.05) is 36.9 Å². The molecule has 186 valence electrons. The number of amides is 1. The predicted octanol–water partition coefficient (Wildman–Crippen LogP) is 6.83. The van der Waals surface area contributed by atoms with Crippen LogP contribution >= 0.6 is 22.9 Å². The Kier molecular flexibility index (Phi) is 8.82. The lowest BCUT2D eigenvalue weighted by molar-refractivity contribution is 0.0923. The standard InChI is InChI=1S/C28H34ClN3O2S/c1-19-22(14-17-35-19)23-11-13-25(28(33)30-21-8-5-4-6-9-21)31-27(23)20-10-12-24(29)26(18-20)34-16-7-15-32(2)3/h10-14,17-18,21H,4-9,15-16H2,1-3H3,(H,30,33). The summed E-state index contributed by atoms with van der Waals surface area (Å²) in [4.78, 5) is 21.3. The average Bonchev–Trinajstić information content (AvgIpc) is 3.28. The van der Waals surface area contributed by atoms with E-state index in [0.29, 0.717) is 23.1 Å². The van der Waals surface area contributed by atoms with Gasteiger partial charge in [0, 0.05) is 28.6 Å². The Bertz CT molecular complexity index is 1150. The maximum Gasteiger partial charge on any atom is 0.270 e. The van der Waals surface area contributed by atoms with E-state index in [9.17, 15) is 4.79 Å². The molecule has 1 saturated carbocycles. The molecule has 1 N–H and O–H groups in total. The topological polar surface area (TPSA) is 54.5 Å². The molecule has 1 fully saturated rings.